The van der Waals surface area contributed by atoms with Crippen LogP contribution in [0.25, 0.3) is 0 Å². The van der Waals surface area contributed by atoms with Crippen LogP contribution in [0.15, 0.2) is 0 Å². The molecule has 1 N–H and O–H groups in total. The molecule has 5 heteroatoms. The molecule has 0 spiro atoms. The first kappa shape index (κ1) is 12.9. The van der Waals surface area contributed by atoms with Crippen LogP contribution in [-0.4, -0.2) is 59.4 Å². The summed E-state index contributed by atoms with van der Waals surface area (Å²) in [5.41, 5.74) is 0. The van der Waals surface area contributed by atoms with Crippen LogP contribution in [0.2, 0.25) is 0 Å². The molecule has 0 aromatic heterocycles. The van der Waals surface area contributed by atoms with E-state index in [-0.39, 0.29) is 30.4 Å². The van der Waals surface area contributed by atoms with Crippen LogP contribution < -0.4 is 5.32 Å². The lowest BCUT2D eigenvalue weighted by atomic mass is 9.81. The molecule has 3 heterocycles. The fourth-order valence-electron chi connectivity index (χ4n) is 3.98. The molecule has 3 atom stereocenters. The SMILES string of the molecule is CC1NC(=O)CN(C2CC3CCCC(C2)N3C)C1=O. The zero-order chi connectivity index (χ0) is 13.6. The van der Waals surface area contributed by atoms with E-state index in [4.69, 9.17) is 0 Å². The maximum absolute atomic E-state index is 12.3. The lowest BCUT2D eigenvalue weighted by Crippen LogP contribution is -2.63. The smallest absolute Gasteiger partial charge is 0.245 e. The van der Waals surface area contributed by atoms with Crippen molar-refractivity contribution in [2.45, 2.75) is 63.2 Å². The summed E-state index contributed by atoms with van der Waals surface area (Å²) in [7, 11) is 2.21. The maximum Gasteiger partial charge on any atom is 0.245 e. The highest BCUT2D eigenvalue weighted by Crippen LogP contribution is 2.35. The van der Waals surface area contributed by atoms with Crippen molar-refractivity contribution >= 4 is 11.8 Å². The number of hydrogen-bond donors (Lipinski definition) is 1. The standard InChI is InChI=1S/C14H23N3O2/c1-9-14(19)17(8-13(18)15-9)12-6-10-4-3-5-11(7-12)16(10)2/h9-12H,3-8H2,1-2H3,(H,15,18). The first-order valence-corrected chi connectivity index (χ1v) is 7.38. The number of nitrogens with zero attached hydrogens (tertiary/aromatic N) is 2. The van der Waals surface area contributed by atoms with Gasteiger partial charge in [-0.05, 0) is 39.7 Å². The Kier molecular flexibility index (Phi) is 3.25. The number of carbonyl (C=O) groups is 2. The summed E-state index contributed by atoms with van der Waals surface area (Å²) in [6, 6.07) is 1.07. The Hall–Kier alpha value is -1.10. The first-order chi connectivity index (χ1) is 9.06. The molecule has 2 bridgehead atoms. The third kappa shape index (κ3) is 2.24. The van der Waals surface area contributed by atoms with Crippen LogP contribution in [0.5, 0.6) is 0 Å². The molecular formula is C14H23N3O2. The summed E-state index contributed by atoms with van der Waals surface area (Å²) < 4.78 is 0. The predicted molar refractivity (Wildman–Crippen MR) is 71.5 cm³/mol. The Bertz CT molecular complexity index is 384. The van der Waals surface area contributed by atoms with Crippen molar-refractivity contribution in [3.63, 3.8) is 0 Å². The van der Waals surface area contributed by atoms with Gasteiger partial charge >= 0.3 is 0 Å². The van der Waals surface area contributed by atoms with E-state index in [1.54, 1.807) is 6.92 Å². The molecule has 0 aliphatic carbocycles. The van der Waals surface area contributed by atoms with Crippen molar-refractivity contribution in [3.05, 3.63) is 0 Å². The topological polar surface area (TPSA) is 52.7 Å². The van der Waals surface area contributed by atoms with E-state index in [1.807, 2.05) is 4.90 Å². The number of hydrogen-bond acceptors (Lipinski definition) is 3. The van der Waals surface area contributed by atoms with Gasteiger partial charge in [-0.3, -0.25) is 9.59 Å². The first-order valence-electron chi connectivity index (χ1n) is 7.38. The monoisotopic (exact) mass is 265 g/mol. The minimum atomic E-state index is -0.360. The van der Waals surface area contributed by atoms with Gasteiger partial charge in [0.25, 0.3) is 0 Å². The van der Waals surface area contributed by atoms with Crippen molar-refractivity contribution in [2.75, 3.05) is 13.6 Å². The second-order valence-electron chi connectivity index (χ2n) is 6.28. The summed E-state index contributed by atoms with van der Waals surface area (Å²) in [5, 5.41) is 2.72. The van der Waals surface area contributed by atoms with Gasteiger partial charge in [-0.2, -0.15) is 0 Å². The molecule has 3 saturated heterocycles. The van der Waals surface area contributed by atoms with Crippen LogP contribution in [-0.2, 0) is 9.59 Å². The predicted octanol–water partition coefficient (Wildman–Crippen LogP) is 0.349. The molecular weight excluding hydrogens is 242 g/mol. The zero-order valence-corrected chi connectivity index (χ0v) is 11.8. The van der Waals surface area contributed by atoms with Gasteiger partial charge in [0.05, 0.1) is 6.54 Å². The van der Waals surface area contributed by atoms with E-state index in [1.165, 1.54) is 19.3 Å². The number of amides is 2. The average Bonchev–Trinajstić information content (AvgIpc) is 2.33. The van der Waals surface area contributed by atoms with Crippen molar-refractivity contribution in [2.24, 2.45) is 0 Å². The van der Waals surface area contributed by atoms with Crippen LogP contribution in [0.1, 0.15) is 39.0 Å². The molecule has 19 heavy (non-hydrogen) atoms. The van der Waals surface area contributed by atoms with E-state index < -0.39 is 0 Å². The molecule has 3 aliphatic heterocycles. The number of carbonyl (C=O) groups excluding carboxylic acids is 2. The molecule has 106 valence electrons. The van der Waals surface area contributed by atoms with Crippen LogP contribution >= 0.6 is 0 Å². The van der Waals surface area contributed by atoms with Gasteiger partial charge in [-0.25, -0.2) is 0 Å². The number of fused-ring (bicyclic) bond motifs is 2. The normalized spacial score (nSPS) is 40.2. The van der Waals surface area contributed by atoms with Gasteiger partial charge in [0.15, 0.2) is 0 Å². The number of piperidine rings is 2. The van der Waals surface area contributed by atoms with Gasteiger partial charge in [-0.1, -0.05) is 6.42 Å². The number of rotatable bonds is 1. The third-order valence-corrected chi connectivity index (χ3v) is 5.10. The number of nitrogens with one attached hydrogen (secondary N) is 1. The number of piperazine rings is 1. The quantitative estimate of drug-likeness (QED) is 0.744. The summed E-state index contributed by atoms with van der Waals surface area (Å²) in [4.78, 5) is 28.3. The summed E-state index contributed by atoms with van der Waals surface area (Å²) in [5.74, 6) is 0.0726. The molecule has 2 amide bonds. The molecule has 5 nitrogen and oxygen atoms in total. The van der Waals surface area contributed by atoms with Gasteiger partial charge in [-0.15, -0.1) is 0 Å². The third-order valence-electron chi connectivity index (χ3n) is 5.10. The highest BCUT2D eigenvalue weighted by Gasteiger charge is 2.42. The van der Waals surface area contributed by atoms with Crippen molar-refractivity contribution in [1.82, 2.24) is 15.1 Å². The second kappa shape index (κ2) is 4.78. The van der Waals surface area contributed by atoms with E-state index in [0.717, 1.165) is 12.8 Å². The largest absolute Gasteiger partial charge is 0.343 e. The fourth-order valence-corrected chi connectivity index (χ4v) is 3.98. The Labute approximate surface area is 114 Å². The second-order valence-corrected chi connectivity index (χ2v) is 6.28. The maximum atomic E-state index is 12.3. The Balaban J connectivity index is 1.75. The van der Waals surface area contributed by atoms with Gasteiger partial charge in [0.2, 0.25) is 11.8 Å². The zero-order valence-electron chi connectivity index (χ0n) is 11.8. The minimum Gasteiger partial charge on any atom is -0.343 e. The van der Waals surface area contributed by atoms with Gasteiger partial charge < -0.3 is 15.1 Å². The Morgan fingerprint density at radius 2 is 1.74 bits per heavy atom. The lowest BCUT2D eigenvalue weighted by molar-refractivity contribution is -0.148. The van der Waals surface area contributed by atoms with Gasteiger partial charge in [0, 0.05) is 18.1 Å². The molecule has 0 radical (unpaired) electrons. The average molecular weight is 265 g/mol. The Morgan fingerprint density at radius 3 is 2.37 bits per heavy atom. The van der Waals surface area contributed by atoms with Gasteiger partial charge in [0.1, 0.15) is 6.04 Å². The van der Waals surface area contributed by atoms with Crippen LogP contribution in [0.4, 0.5) is 0 Å². The van der Waals surface area contributed by atoms with Crippen LogP contribution in [0, 0.1) is 0 Å². The van der Waals surface area contributed by atoms with E-state index in [9.17, 15) is 9.59 Å². The molecule has 0 saturated carbocycles. The van der Waals surface area contributed by atoms with Crippen LogP contribution in [0.3, 0.4) is 0 Å². The minimum absolute atomic E-state index is 0.0174. The molecule has 3 aliphatic rings. The molecule has 3 unspecified atom stereocenters. The molecule has 0 aromatic carbocycles. The van der Waals surface area contributed by atoms with Crippen molar-refractivity contribution < 1.29 is 9.59 Å². The summed E-state index contributed by atoms with van der Waals surface area (Å²) in [6.07, 6.45) is 5.81. The van der Waals surface area contributed by atoms with Crippen molar-refractivity contribution in [1.29, 1.82) is 0 Å². The molecule has 3 fully saturated rings. The van der Waals surface area contributed by atoms with E-state index in [2.05, 4.69) is 17.3 Å². The lowest BCUT2D eigenvalue weighted by Gasteiger charge is -2.50. The molecule has 0 aromatic rings. The fraction of sp³-hybridized carbons (Fsp3) is 0.857. The highest BCUT2D eigenvalue weighted by molar-refractivity contribution is 5.94. The molecule has 3 rings (SSSR count). The Morgan fingerprint density at radius 1 is 1.11 bits per heavy atom. The van der Waals surface area contributed by atoms with E-state index in [0.29, 0.717) is 12.1 Å². The highest BCUT2D eigenvalue weighted by atomic mass is 16.2. The summed E-state index contributed by atoms with van der Waals surface area (Å²) in [6.45, 7) is 2.03. The summed E-state index contributed by atoms with van der Waals surface area (Å²) >= 11 is 0. The van der Waals surface area contributed by atoms with Crippen molar-refractivity contribution in [3.8, 4) is 0 Å². The van der Waals surface area contributed by atoms with E-state index >= 15 is 0 Å².